The number of rotatable bonds is 5. The van der Waals surface area contributed by atoms with Crippen molar-refractivity contribution in [2.75, 3.05) is 13.1 Å². The number of hydrogen-bond acceptors (Lipinski definition) is 5. The Balaban J connectivity index is 0.00000242. The second-order valence-corrected chi connectivity index (χ2v) is 5.57. The van der Waals surface area contributed by atoms with Gasteiger partial charge in [-0.2, -0.15) is 5.10 Å². The zero-order valence-corrected chi connectivity index (χ0v) is 13.4. The van der Waals surface area contributed by atoms with Gasteiger partial charge in [-0.05, 0) is 25.7 Å². The van der Waals surface area contributed by atoms with E-state index in [2.05, 4.69) is 5.10 Å². The fourth-order valence-electron chi connectivity index (χ4n) is 2.60. The van der Waals surface area contributed by atoms with Crippen LogP contribution in [0.5, 0.6) is 0 Å². The lowest BCUT2D eigenvalue weighted by atomic mass is 9.92. The first-order valence-electron chi connectivity index (χ1n) is 7.17. The Kier molecular flexibility index (Phi) is 6.76. The third-order valence-corrected chi connectivity index (χ3v) is 3.94. The molecule has 1 fully saturated rings. The molecule has 8 nitrogen and oxygen atoms in total. The monoisotopic (exact) mass is 331 g/mol. The van der Waals surface area contributed by atoms with Gasteiger partial charge in [-0.1, -0.05) is 0 Å². The van der Waals surface area contributed by atoms with E-state index < -0.39 is 4.92 Å². The van der Waals surface area contributed by atoms with Crippen molar-refractivity contribution in [2.45, 2.75) is 38.8 Å². The van der Waals surface area contributed by atoms with Crippen LogP contribution in [0.4, 0.5) is 5.69 Å². The summed E-state index contributed by atoms with van der Waals surface area (Å²) in [4.78, 5) is 24.1. The molecule has 0 aromatic carbocycles. The Labute approximate surface area is 135 Å². The highest BCUT2D eigenvalue weighted by atomic mass is 35.5. The molecule has 1 aliphatic heterocycles. The number of piperidine rings is 1. The number of nitrogens with two attached hydrogens (primary N) is 1. The molecular weight excluding hydrogens is 310 g/mol. The summed E-state index contributed by atoms with van der Waals surface area (Å²) < 4.78 is 1.43. The number of aromatic nitrogens is 2. The minimum atomic E-state index is -0.497. The zero-order valence-electron chi connectivity index (χ0n) is 12.6. The second-order valence-electron chi connectivity index (χ2n) is 5.57. The van der Waals surface area contributed by atoms with Crippen LogP contribution in [0.25, 0.3) is 0 Å². The van der Waals surface area contributed by atoms with Gasteiger partial charge in [0.2, 0.25) is 5.91 Å². The summed E-state index contributed by atoms with van der Waals surface area (Å²) in [6.45, 7) is 3.80. The molecular formula is C13H22ClN5O3. The van der Waals surface area contributed by atoms with Gasteiger partial charge in [0.15, 0.2) is 0 Å². The van der Waals surface area contributed by atoms with Gasteiger partial charge in [0.05, 0.1) is 4.92 Å². The summed E-state index contributed by atoms with van der Waals surface area (Å²) in [5.41, 5.74) is 5.85. The van der Waals surface area contributed by atoms with Crippen LogP contribution in [0, 0.1) is 16.0 Å². The maximum absolute atomic E-state index is 12.2. The number of nitro groups is 1. The highest BCUT2D eigenvalue weighted by Gasteiger charge is 2.25. The molecule has 0 saturated carbocycles. The molecule has 2 N–H and O–H groups in total. The number of hydrogen-bond donors (Lipinski definition) is 1. The lowest BCUT2D eigenvalue weighted by Crippen LogP contribution is -2.45. The van der Waals surface area contributed by atoms with E-state index in [-0.39, 0.29) is 30.0 Å². The van der Waals surface area contributed by atoms with Crippen LogP contribution in [-0.2, 0) is 11.3 Å². The number of nitrogens with zero attached hydrogens (tertiary/aromatic N) is 4. The topological polar surface area (TPSA) is 107 Å². The maximum Gasteiger partial charge on any atom is 0.306 e. The number of amides is 1. The van der Waals surface area contributed by atoms with Crippen molar-refractivity contribution < 1.29 is 9.72 Å². The molecule has 1 aliphatic rings. The molecule has 0 spiro atoms. The van der Waals surface area contributed by atoms with Crippen LogP contribution in [0.2, 0.25) is 0 Å². The predicted octanol–water partition coefficient (Wildman–Crippen LogP) is 1.19. The van der Waals surface area contributed by atoms with Gasteiger partial charge in [0.25, 0.3) is 0 Å². The molecule has 1 aromatic rings. The first-order chi connectivity index (χ1) is 9.97. The summed E-state index contributed by atoms with van der Waals surface area (Å²) in [7, 11) is 0. The molecule has 1 amide bonds. The molecule has 0 bridgehead atoms. The molecule has 0 radical (unpaired) electrons. The Morgan fingerprint density at radius 1 is 1.64 bits per heavy atom. The van der Waals surface area contributed by atoms with Crippen molar-refractivity contribution >= 4 is 24.0 Å². The largest absolute Gasteiger partial charge is 0.342 e. The van der Waals surface area contributed by atoms with E-state index in [1.54, 1.807) is 0 Å². The second kappa shape index (κ2) is 8.09. The quantitative estimate of drug-likeness (QED) is 0.644. The number of halogens is 1. The first kappa shape index (κ1) is 18.4. The van der Waals surface area contributed by atoms with Gasteiger partial charge in [0, 0.05) is 32.1 Å². The van der Waals surface area contributed by atoms with E-state index in [9.17, 15) is 14.9 Å². The number of likely N-dealkylation sites (tertiary alicyclic amines) is 1. The van der Waals surface area contributed by atoms with Gasteiger partial charge in [-0.15, -0.1) is 12.4 Å². The molecule has 2 unspecified atom stereocenters. The van der Waals surface area contributed by atoms with E-state index in [4.69, 9.17) is 5.73 Å². The standard InChI is InChI=1S/C13H21N5O3.ClH/c1-10(14)11-3-2-5-16(8-11)13(19)4-6-17-9-12(7-15-17)18(20)21;/h7,9-11H,2-6,8,14H2,1H3;1H. The van der Waals surface area contributed by atoms with Crippen LogP contribution in [0.3, 0.4) is 0 Å². The van der Waals surface area contributed by atoms with E-state index in [0.717, 1.165) is 19.4 Å². The van der Waals surface area contributed by atoms with Crippen molar-refractivity contribution in [3.63, 3.8) is 0 Å². The third-order valence-electron chi connectivity index (χ3n) is 3.94. The molecule has 2 heterocycles. The summed E-state index contributed by atoms with van der Waals surface area (Å²) in [6.07, 6.45) is 4.87. The maximum atomic E-state index is 12.2. The summed E-state index contributed by atoms with van der Waals surface area (Å²) >= 11 is 0. The Morgan fingerprint density at radius 2 is 2.36 bits per heavy atom. The van der Waals surface area contributed by atoms with E-state index in [1.807, 2.05) is 11.8 Å². The van der Waals surface area contributed by atoms with Gasteiger partial charge in [-0.25, -0.2) is 0 Å². The lowest BCUT2D eigenvalue weighted by molar-refractivity contribution is -0.385. The van der Waals surface area contributed by atoms with Crippen LogP contribution >= 0.6 is 12.4 Å². The Bertz CT molecular complexity index is 520. The normalized spacial score (nSPS) is 19.4. The van der Waals surface area contributed by atoms with Gasteiger partial charge in [0.1, 0.15) is 12.4 Å². The van der Waals surface area contributed by atoms with Crippen LogP contribution in [0.15, 0.2) is 12.4 Å². The minimum absolute atomic E-state index is 0. The molecule has 1 aromatic heterocycles. The molecule has 9 heteroatoms. The number of carbonyl (C=O) groups is 1. The minimum Gasteiger partial charge on any atom is -0.342 e. The summed E-state index contributed by atoms with van der Waals surface area (Å²) in [5, 5.41) is 14.4. The Morgan fingerprint density at radius 3 is 2.95 bits per heavy atom. The number of carbonyl (C=O) groups excluding carboxylic acids is 1. The van der Waals surface area contributed by atoms with Crippen LogP contribution in [-0.4, -0.2) is 44.6 Å². The smallest absolute Gasteiger partial charge is 0.306 e. The summed E-state index contributed by atoms with van der Waals surface area (Å²) in [6, 6.07) is 0.0920. The van der Waals surface area contributed by atoms with Crippen molar-refractivity contribution in [3.05, 3.63) is 22.5 Å². The van der Waals surface area contributed by atoms with Gasteiger partial charge < -0.3 is 10.6 Å². The lowest BCUT2D eigenvalue weighted by Gasteiger charge is -2.34. The first-order valence-corrected chi connectivity index (χ1v) is 7.17. The molecule has 124 valence electrons. The van der Waals surface area contributed by atoms with Crippen LogP contribution < -0.4 is 5.73 Å². The Hall–Kier alpha value is -1.67. The van der Waals surface area contributed by atoms with Crippen molar-refractivity contribution in [1.82, 2.24) is 14.7 Å². The van der Waals surface area contributed by atoms with E-state index in [0.29, 0.717) is 25.4 Å². The van der Waals surface area contributed by atoms with E-state index in [1.165, 1.54) is 17.1 Å². The van der Waals surface area contributed by atoms with Crippen molar-refractivity contribution in [3.8, 4) is 0 Å². The zero-order chi connectivity index (χ0) is 15.4. The van der Waals surface area contributed by atoms with Gasteiger partial charge in [-0.3, -0.25) is 19.6 Å². The molecule has 2 rings (SSSR count). The molecule has 0 aliphatic carbocycles. The third kappa shape index (κ3) is 4.67. The van der Waals surface area contributed by atoms with E-state index >= 15 is 0 Å². The highest BCUT2D eigenvalue weighted by molar-refractivity contribution is 5.85. The molecule has 2 atom stereocenters. The van der Waals surface area contributed by atoms with Crippen molar-refractivity contribution in [1.29, 1.82) is 0 Å². The fourth-order valence-corrected chi connectivity index (χ4v) is 2.60. The SMILES string of the molecule is CC(N)C1CCCN(C(=O)CCn2cc([N+](=O)[O-])cn2)C1.Cl. The average molecular weight is 332 g/mol. The average Bonchev–Trinajstić information content (AvgIpc) is 2.94. The van der Waals surface area contributed by atoms with Crippen LogP contribution in [0.1, 0.15) is 26.2 Å². The van der Waals surface area contributed by atoms with Crippen molar-refractivity contribution in [2.24, 2.45) is 11.7 Å². The molecule has 1 saturated heterocycles. The summed E-state index contributed by atoms with van der Waals surface area (Å²) in [5.74, 6) is 0.409. The number of aryl methyl sites for hydroxylation is 1. The predicted molar refractivity (Wildman–Crippen MR) is 83.7 cm³/mol. The fraction of sp³-hybridized carbons (Fsp3) is 0.692. The molecule has 22 heavy (non-hydrogen) atoms. The van der Waals surface area contributed by atoms with Gasteiger partial charge >= 0.3 is 5.69 Å². The highest BCUT2D eigenvalue weighted by Crippen LogP contribution is 2.19.